The number of aromatic nitrogens is 2. The summed E-state index contributed by atoms with van der Waals surface area (Å²) >= 11 is 0. The van der Waals surface area contributed by atoms with Crippen LogP contribution in [-0.4, -0.2) is 29.2 Å². The van der Waals surface area contributed by atoms with Crippen molar-refractivity contribution in [1.29, 1.82) is 0 Å². The normalized spacial score (nSPS) is 19.1. The van der Waals surface area contributed by atoms with E-state index in [1.807, 2.05) is 13.8 Å². The number of ether oxygens (including phenoxy) is 1. The van der Waals surface area contributed by atoms with Gasteiger partial charge in [0.1, 0.15) is 0 Å². The first-order valence-electron chi connectivity index (χ1n) is 6.70. The monoisotopic (exact) mass is 249 g/mol. The van der Waals surface area contributed by atoms with Gasteiger partial charge in [-0.2, -0.15) is 0 Å². The molecule has 0 aromatic carbocycles. The van der Waals surface area contributed by atoms with Crippen LogP contribution in [0.2, 0.25) is 0 Å². The first kappa shape index (κ1) is 13.1. The number of hydrogen-bond donors (Lipinski definition) is 0. The summed E-state index contributed by atoms with van der Waals surface area (Å²) in [6.07, 6.45) is 6.02. The summed E-state index contributed by atoms with van der Waals surface area (Å²) in [5.74, 6) is 1.55. The van der Waals surface area contributed by atoms with Gasteiger partial charge < -0.3 is 9.64 Å². The summed E-state index contributed by atoms with van der Waals surface area (Å²) < 4.78 is 5.75. The SMILES string of the molecule is CC(C)Oc1nccnc1N1CCCC(C)(C)C1. The molecule has 0 radical (unpaired) electrons. The average molecular weight is 249 g/mol. The van der Waals surface area contributed by atoms with Gasteiger partial charge in [-0.15, -0.1) is 0 Å². The Bertz CT molecular complexity index is 404. The van der Waals surface area contributed by atoms with Crippen molar-refractivity contribution in [3.05, 3.63) is 12.4 Å². The Morgan fingerprint density at radius 1 is 1.28 bits per heavy atom. The van der Waals surface area contributed by atoms with Gasteiger partial charge in [0.15, 0.2) is 5.82 Å². The van der Waals surface area contributed by atoms with E-state index in [1.54, 1.807) is 12.4 Å². The van der Waals surface area contributed by atoms with E-state index in [4.69, 9.17) is 4.74 Å². The highest BCUT2D eigenvalue weighted by molar-refractivity contribution is 5.48. The van der Waals surface area contributed by atoms with Gasteiger partial charge in [-0.1, -0.05) is 13.8 Å². The smallest absolute Gasteiger partial charge is 0.257 e. The molecule has 100 valence electrons. The number of rotatable bonds is 3. The van der Waals surface area contributed by atoms with E-state index in [0.29, 0.717) is 11.3 Å². The standard InChI is InChI=1S/C14H23N3O/c1-11(2)18-13-12(15-7-8-16-13)17-9-5-6-14(3,4)10-17/h7-8,11H,5-6,9-10H2,1-4H3. The van der Waals surface area contributed by atoms with Gasteiger partial charge in [0.2, 0.25) is 0 Å². The molecule has 0 saturated carbocycles. The molecular weight excluding hydrogens is 226 g/mol. The van der Waals surface area contributed by atoms with E-state index in [0.717, 1.165) is 18.9 Å². The van der Waals surface area contributed by atoms with Gasteiger partial charge in [0, 0.05) is 25.5 Å². The summed E-state index contributed by atoms with van der Waals surface area (Å²) in [7, 11) is 0. The molecule has 1 aromatic heterocycles. The van der Waals surface area contributed by atoms with Gasteiger partial charge in [-0.3, -0.25) is 0 Å². The number of nitrogens with zero attached hydrogens (tertiary/aromatic N) is 3. The van der Waals surface area contributed by atoms with Crippen LogP contribution in [0.1, 0.15) is 40.5 Å². The molecule has 0 N–H and O–H groups in total. The minimum Gasteiger partial charge on any atom is -0.472 e. The molecule has 1 aliphatic heterocycles. The molecule has 1 fully saturated rings. The predicted molar refractivity (Wildman–Crippen MR) is 73.0 cm³/mol. The van der Waals surface area contributed by atoms with Crippen LogP contribution < -0.4 is 9.64 Å². The Morgan fingerprint density at radius 3 is 2.67 bits per heavy atom. The highest BCUT2D eigenvalue weighted by atomic mass is 16.5. The van der Waals surface area contributed by atoms with Crippen molar-refractivity contribution >= 4 is 5.82 Å². The van der Waals surface area contributed by atoms with Gasteiger partial charge in [-0.05, 0) is 32.1 Å². The Kier molecular flexibility index (Phi) is 3.73. The van der Waals surface area contributed by atoms with Crippen LogP contribution in [0.3, 0.4) is 0 Å². The molecule has 0 amide bonds. The first-order valence-corrected chi connectivity index (χ1v) is 6.70. The fraction of sp³-hybridized carbons (Fsp3) is 0.714. The van der Waals surface area contributed by atoms with Crippen molar-refractivity contribution in [2.45, 2.75) is 46.6 Å². The van der Waals surface area contributed by atoms with E-state index in [1.165, 1.54) is 12.8 Å². The van der Waals surface area contributed by atoms with E-state index in [2.05, 4.69) is 28.7 Å². The quantitative estimate of drug-likeness (QED) is 0.825. The molecule has 1 saturated heterocycles. The summed E-state index contributed by atoms with van der Waals surface area (Å²) in [6.45, 7) is 10.7. The molecular formula is C14H23N3O. The van der Waals surface area contributed by atoms with Crippen LogP contribution in [0.25, 0.3) is 0 Å². The van der Waals surface area contributed by atoms with Crippen LogP contribution >= 0.6 is 0 Å². The molecule has 0 spiro atoms. The van der Waals surface area contributed by atoms with E-state index < -0.39 is 0 Å². The number of hydrogen-bond acceptors (Lipinski definition) is 4. The fourth-order valence-corrected chi connectivity index (χ4v) is 2.45. The fourth-order valence-electron chi connectivity index (χ4n) is 2.45. The third-order valence-corrected chi connectivity index (χ3v) is 3.19. The molecule has 1 aliphatic rings. The average Bonchev–Trinajstić information content (AvgIpc) is 2.27. The zero-order valence-corrected chi connectivity index (χ0v) is 11.8. The lowest BCUT2D eigenvalue weighted by Gasteiger charge is -2.38. The molecule has 2 heterocycles. The van der Waals surface area contributed by atoms with Crippen molar-refractivity contribution in [1.82, 2.24) is 9.97 Å². The molecule has 0 unspecified atom stereocenters. The number of anilines is 1. The number of piperidine rings is 1. The maximum Gasteiger partial charge on any atom is 0.257 e. The maximum absolute atomic E-state index is 5.75. The molecule has 0 aliphatic carbocycles. The Labute approximate surface area is 109 Å². The Balaban J connectivity index is 2.21. The van der Waals surface area contributed by atoms with Crippen LogP contribution in [0, 0.1) is 5.41 Å². The highest BCUT2D eigenvalue weighted by Crippen LogP contribution is 2.33. The zero-order chi connectivity index (χ0) is 13.2. The lowest BCUT2D eigenvalue weighted by Crippen LogP contribution is -2.40. The second-order valence-corrected chi connectivity index (χ2v) is 6.04. The summed E-state index contributed by atoms with van der Waals surface area (Å²) in [5.41, 5.74) is 0.338. The Hall–Kier alpha value is -1.32. The van der Waals surface area contributed by atoms with E-state index in [-0.39, 0.29) is 6.10 Å². The topological polar surface area (TPSA) is 38.3 Å². The third kappa shape index (κ3) is 3.12. The zero-order valence-electron chi connectivity index (χ0n) is 11.8. The summed E-state index contributed by atoms with van der Waals surface area (Å²) in [4.78, 5) is 11.1. The van der Waals surface area contributed by atoms with Gasteiger partial charge >= 0.3 is 0 Å². The van der Waals surface area contributed by atoms with Crippen LogP contribution in [-0.2, 0) is 0 Å². The first-order chi connectivity index (χ1) is 8.48. The van der Waals surface area contributed by atoms with Crippen LogP contribution in [0.5, 0.6) is 5.88 Å². The largest absolute Gasteiger partial charge is 0.472 e. The Morgan fingerprint density at radius 2 is 2.00 bits per heavy atom. The summed E-state index contributed by atoms with van der Waals surface area (Å²) in [5, 5.41) is 0. The lowest BCUT2D eigenvalue weighted by atomic mass is 9.84. The van der Waals surface area contributed by atoms with Crippen LogP contribution in [0.4, 0.5) is 5.82 Å². The van der Waals surface area contributed by atoms with Crippen LogP contribution in [0.15, 0.2) is 12.4 Å². The van der Waals surface area contributed by atoms with Gasteiger partial charge in [-0.25, -0.2) is 9.97 Å². The van der Waals surface area contributed by atoms with Crippen molar-refractivity contribution in [2.75, 3.05) is 18.0 Å². The molecule has 0 bridgehead atoms. The van der Waals surface area contributed by atoms with Crippen molar-refractivity contribution in [3.8, 4) is 5.88 Å². The molecule has 0 atom stereocenters. The predicted octanol–water partition coefficient (Wildman–Crippen LogP) is 2.89. The van der Waals surface area contributed by atoms with Gasteiger partial charge in [0.25, 0.3) is 5.88 Å². The lowest BCUT2D eigenvalue weighted by molar-refractivity contribution is 0.229. The molecule has 2 rings (SSSR count). The van der Waals surface area contributed by atoms with E-state index >= 15 is 0 Å². The van der Waals surface area contributed by atoms with Crippen molar-refractivity contribution < 1.29 is 4.74 Å². The highest BCUT2D eigenvalue weighted by Gasteiger charge is 2.29. The second kappa shape index (κ2) is 5.12. The summed E-state index contributed by atoms with van der Waals surface area (Å²) in [6, 6.07) is 0. The molecule has 18 heavy (non-hydrogen) atoms. The molecule has 4 heteroatoms. The van der Waals surface area contributed by atoms with E-state index in [9.17, 15) is 0 Å². The minimum atomic E-state index is 0.123. The second-order valence-electron chi connectivity index (χ2n) is 6.04. The minimum absolute atomic E-state index is 0.123. The van der Waals surface area contributed by atoms with Crippen molar-refractivity contribution in [2.24, 2.45) is 5.41 Å². The maximum atomic E-state index is 5.75. The molecule has 4 nitrogen and oxygen atoms in total. The third-order valence-electron chi connectivity index (χ3n) is 3.19. The van der Waals surface area contributed by atoms with Gasteiger partial charge in [0.05, 0.1) is 6.10 Å². The molecule has 1 aromatic rings. The van der Waals surface area contributed by atoms with Crippen molar-refractivity contribution in [3.63, 3.8) is 0 Å².